The molecule has 3 nitrogen and oxygen atoms in total. The van der Waals surface area contributed by atoms with E-state index in [1.165, 1.54) is 12.7 Å². The van der Waals surface area contributed by atoms with E-state index >= 15 is 0 Å². The largest absolute Gasteiger partial charge is 0.287 e. The van der Waals surface area contributed by atoms with E-state index in [-0.39, 0.29) is 5.78 Å². The van der Waals surface area contributed by atoms with Crippen LogP contribution in [0, 0.1) is 0 Å². The van der Waals surface area contributed by atoms with Crippen molar-refractivity contribution in [2.75, 3.05) is 0 Å². The van der Waals surface area contributed by atoms with Gasteiger partial charge in [0, 0.05) is 6.20 Å². The minimum absolute atomic E-state index is 0.0621. The Morgan fingerprint density at radius 3 is 2.93 bits per heavy atom. The molecule has 0 bridgehead atoms. The molecule has 1 aliphatic carbocycles. The third-order valence-corrected chi connectivity index (χ3v) is 2.40. The maximum atomic E-state index is 11.8. The summed E-state index contributed by atoms with van der Waals surface area (Å²) in [5.74, 6) is 0.0621. The second-order valence-electron chi connectivity index (χ2n) is 3.40. The van der Waals surface area contributed by atoms with E-state index < -0.39 is 0 Å². The Labute approximate surface area is 82.9 Å². The summed E-state index contributed by atoms with van der Waals surface area (Å²) >= 11 is 0. The molecule has 0 spiro atoms. The van der Waals surface area contributed by atoms with Gasteiger partial charge >= 0.3 is 0 Å². The summed E-state index contributed by atoms with van der Waals surface area (Å²) < 4.78 is 0. The highest BCUT2D eigenvalue weighted by atomic mass is 16.1. The van der Waals surface area contributed by atoms with E-state index in [0.717, 1.165) is 24.8 Å². The minimum atomic E-state index is 0.0621. The molecule has 2 rings (SSSR count). The number of rotatable bonds is 2. The fourth-order valence-electron chi connectivity index (χ4n) is 1.63. The minimum Gasteiger partial charge on any atom is -0.287 e. The normalized spacial score (nSPS) is 16.1. The molecule has 0 amide bonds. The zero-order valence-electron chi connectivity index (χ0n) is 7.94. The van der Waals surface area contributed by atoms with Crippen LogP contribution in [0.4, 0.5) is 0 Å². The van der Waals surface area contributed by atoms with Gasteiger partial charge in [-0.1, -0.05) is 6.08 Å². The molecule has 0 unspecified atom stereocenters. The monoisotopic (exact) mass is 188 g/mol. The molecule has 72 valence electrons. The van der Waals surface area contributed by atoms with Gasteiger partial charge in [0.15, 0.2) is 0 Å². The van der Waals surface area contributed by atoms with Crippen LogP contribution in [0.25, 0.3) is 0 Å². The molecule has 0 aromatic carbocycles. The highest BCUT2D eigenvalue weighted by Gasteiger charge is 2.14. The number of hydrogen-bond acceptors (Lipinski definition) is 3. The van der Waals surface area contributed by atoms with Crippen molar-refractivity contribution in [1.82, 2.24) is 9.97 Å². The number of carbonyl (C=O) groups is 1. The molecule has 14 heavy (non-hydrogen) atoms. The summed E-state index contributed by atoms with van der Waals surface area (Å²) in [7, 11) is 0. The summed E-state index contributed by atoms with van der Waals surface area (Å²) in [6, 6.07) is 1.66. The lowest BCUT2D eigenvalue weighted by molar-refractivity contribution is 0.102. The number of nitrogens with zero attached hydrogens (tertiary/aromatic N) is 2. The van der Waals surface area contributed by atoms with Crippen LogP contribution >= 0.6 is 0 Å². The fraction of sp³-hybridized carbons (Fsp3) is 0.364. The maximum Gasteiger partial charge on any atom is 0.207 e. The van der Waals surface area contributed by atoms with E-state index in [9.17, 15) is 4.79 Å². The molecule has 1 heterocycles. The van der Waals surface area contributed by atoms with Crippen LogP contribution in [-0.2, 0) is 0 Å². The van der Waals surface area contributed by atoms with Gasteiger partial charge in [0.2, 0.25) is 5.78 Å². The Balaban J connectivity index is 2.20. The van der Waals surface area contributed by atoms with E-state index in [4.69, 9.17) is 0 Å². The number of hydrogen-bond donors (Lipinski definition) is 0. The highest BCUT2D eigenvalue weighted by molar-refractivity contribution is 6.07. The van der Waals surface area contributed by atoms with Gasteiger partial charge in [0.1, 0.15) is 12.0 Å². The molecule has 1 aliphatic rings. The topological polar surface area (TPSA) is 42.9 Å². The first-order valence-corrected chi connectivity index (χ1v) is 4.87. The SMILES string of the molecule is O=C(C1=CCCCC1)c1ccncn1. The number of aromatic nitrogens is 2. The Kier molecular flexibility index (Phi) is 2.68. The molecular weight excluding hydrogens is 176 g/mol. The Hall–Kier alpha value is -1.51. The zero-order valence-corrected chi connectivity index (χ0v) is 7.94. The summed E-state index contributed by atoms with van der Waals surface area (Å²) in [6.45, 7) is 0. The third kappa shape index (κ3) is 1.87. The van der Waals surface area contributed by atoms with E-state index in [1.807, 2.05) is 6.08 Å². The van der Waals surface area contributed by atoms with Gasteiger partial charge in [-0.25, -0.2) is 9.97 Å². The first kappa shape index (κ1) is 9.06. The number of allylic oxidation sites excluding steroid dienone is 2. The van der Waals surface area contributed by atoms with Crippen molar-refractivity contribution in [1.29, 1.82) is 0 Å². The standard InChI is InChI=1S/C11H12N2O/c14-11(9-4-2-1-3-5-9)10-6-7-12-8-13-10/h4,6-8H,1-3,5H2. The first-order valence-electron chi connectivity index (χ1n) is 4.87. The molecular formula is C11H12N2O. The van der Waals surface area contributed by atoms with Gasteiger partial charge in [0.25, 0.3) is 0 Å². The zero-order chi connectivity index (χ0) is 9.80. The molecule has 0 atom stereocenters. The van der Waals surface area contributed by atoms with Crippen LogP contribution in [0.3, 0.4) is 0 Å². The van der Waals surface area contributed by atoms with E-state index in [0.29, 0.717) is 5.69 Å². The van der Waals surface area contributed by atoms with Gasteiger partial charge in [-0.3, -0.25) is 4.79 Å². The Morgan fingerprint density at radius 2 is 2.29 bits per heavy atom. The highest BCUT2D eigenvalue weighted by Crippen LogP contribution is 2.20. The van der Waals surface area contributed by atoms with Gasteiger partial charge in [-0.05, 0) is 37.3 Å². The summed E-state index contributed by atoms with van der Waals surface area (Å²) in [5, 5.41) is 0. The van der Waals surface area contributed by atoms with Gasteiger partial charge in [0.05, 0.1) is 0 Å². The Bertz CT molecular complexity index is 357. The van der Waals surface area contributed by atoms with E-state index in [2.05, 4.69) is 9.97 Å². The van der Waals surface area contributed by atoms with Crippen LogP contribution < -0.4 is 0 Å². The van der Waals surface area contributed by atoms with Gasteiger partial charge < -0.3 is 0 Å². The molecule has 0 N–H and O–H groups in total. The maximum absolute atomic E-state index is 11.8. The van der Waals surface area contributed by atoms with Crippen molar-refractivity contribution in [3.05, 3.63) is 35.9 Å². The number of carbonyl (C=O) groups excluding carboxylic acids is 1. The molecule has 3 heteroatoms. The predicted octanol–water partition coefficient (Wildman–Crippen LogP) is 2.16. The second kappa shape index (κ2) is 4.13. The van der Waals surface area contributed by atoms with Crippen molar-refractivity contribution >= 4 is 5.78 Å². The molecule has 0 saturated heterocycles. The lowest BCUT2D eigenvalue weighted by Gasteiger charge is -2.10. The van der Waals surface area contributed by atoms with Gasteiger partial charge in [-0.15, -0.1) is 0 Å². The van der Waals surface area contributed by atoms with Crippen molar-refractivity contribution in [3.8, 4) is 0 Å². The smallest absolute Gasteiger partial charge is 0.207 e. The molecule has 0 saturated carbocycles. The lowest BCUT2D eigenvalue weighted by Crippen LogP contribution is -2.08. The molecule has 0 aliphatic heterocycles. The molecule has 1 aromatic rings. The average molecular weight is 188 g/mol. The van der Waals surface area contributed by atoms with Crippen LogP contribution in [0.5, 0.6) is 0 Å². The van der Waals surface area contributed by atoms with Gasteiger partial charge in [-0.2, -0.15) is 0 Å². The quantitative estimate of drug-likeness (QED) is 0.668. The summed E-state index contributed by atoms with van der Waals surface area (Å²) in [4.78, 5) is 19.6. The van der Waals surface area contributed by atoms with Crippen LogP contribution in [0.2, 0.25) is 0 Å². The van der Waals surface area contributed by atoms with E-state index in [1.54, 1.807) is 12.3 Å². The van der Waals surface area contributed by atoms with Crippen molar-refractivity contribution in [2.45, 2.75) is 25.7 Å². The lowest BCUT2D eigenvalue weighted by atomic mass is 9.95. The number of Topliss-reactive ketones (excluding diaryl/α,β-unsaturated/α-hetero) is 1. The molecule has 0 radical (unpaired) electrons. The first-order chi connectivity index (χ1) is 6.88. The van der Waals surface area contributed by atoms with Crippen LogP contribution in [-0.4, -0.2) is 15.8 Å². The molecule has 1 aromatic heterocycles. The predicted molar refractivity (Wildman–Crippen MR) is 52.9 cm³/mol. The summed E-state index contributed by atoms with van der Waals surface area (Å²) in [5.41, 5.74) is 1.42. The van der Waals surface area contributed by atoms with Crippen LogP contribution in [0.15, 0.2) is 30.2 Å². The van der Waals surface area contributed by atoms with Crippen LogP contribution in [0.1, 0.15) is 36.2 Å². The summed E-state index contributed by atoms with van der Waals surface area (Å²) in [6.07, 6.45) is 9.27. The molecule has 0 fully saturated rings. The van der Waals surface area contributed by atoms with Crippen molar-refractivity contribution < 1.29 is 4.79 Å². The average Bonchev–Trinajstić information content (AvgIpc) is 2.30. The third-order valence-electron chi connectivity index (χ3n) is 2.40. The van der Waals surface area contributed by atoms with Crippen molar-refractivity contribution in [3.63, 3.8) is 0 Å². The fourth-order valence-corrected chi connectivity index (χ4v) is 1.63. The van der Waals surface area contributed by atoms with Crippen molar-refractivity contribution in [2.24, 2.45) is 0 Å². The second-order valence-corrected chi connectivity index (χ2v) is 3.40. The number of ketones is 1. The Morgan fingerprint density at radius 1 is 1.36 bits per heavy atom.